The van der Waals surface area contributed by atoms with Crippen LogP contribution in [0.25, 0.3) is 10.8 Å². The number of hydrogen-bond donors (Lipinski definition) is 2. The fourth-order valence-corrected chi connectivity index (χ4v) is 3.65. The highest BCUT2D eigenvalue weighted by Crippen LogP contribution is 2.30. The Kier molecular flexibility index (Phi) is 7.19. The minimum Gasteiger partial charge on any atom is -0.478 e. The first-order valence-corrected chi connectivity index (χ1v) is 9.50. The van der Waals surface area contributed by atoms with Crippen molar-refractivity contribution in [2.45, 2.75) is 58.8 Å². The highest BCUT2D eigenvalue weighted by molar-refractivity contribution is 6.12. The standard InChI is InChI=1S/C22H28O4/c1-3-5-6-7-10-15(4-2)13-17-14-16-11-8-9-12-18(16)20(22(25)26)19(17)21(23)24/h8-9,11-12,14-15H,3-7,10,13H2,1-2H3,(H,23,24)(H,25,26). The molecule has 26 heavy (non-hydrogen) atoms. The zero-order valence-corrected chi connectivity index (χ0v) is 15.6. The van der Waals surface area contributed by atoms with Crippen LogP contribution in [0.15, 0.2) is 30.3 Å². The third-order valence-corrected chi connectivity index (χ3v) is 5.11. The van der Waals surface area contributed by atoms with Gasteiger partial charge in [0.05, 0.1) is 11.1 Å². The van der Waals surface area contributed by atoms with Crippen molar-refractivity contribution in [1.29, 1.82) is 0 Å². The normalized spacial score (nSPS) is 12.2. The lowest BCUT2D eigenvalue weighted by Crippen LogP contribution is -2.15. The Morgan fingerprint density at radius 1 is 0.962 bits per heavy atom. The zero-order chi connectivity index (χ0) is 19.1. The number of benzene rings is 2. The van der Waals surface area contributed by atoms with Crippen molar-refractivity contribution < 1.29 is 19.8 Å². The quantitative estimate of drug-likeness (QED) is 0.530. The van der Waals surface area contributed by atoms with E-state index in [4.69, 9.17) is 0 Å². The van der Waals surface area contributed by atoms with Crippen LogP contribution in [-0.2, 0) is 6.42 Å². The summed E-state index contributed by atoms with van der Waals surface area (Å²) >= 11 is 0. The van der Waals surface area contributed by atoms with E-state index in [2.05, 4.69) is 13.8 Å². The molecule has 0 radical (unpaired) electrons. The van der Waals surface area contributed by atoms with E-state index in [1.54, 1.807) is 12.1 Å². The summed E-state index contributed by atoms with van der Waals surface area (Å²) in [4.78, 5) is 23.7. The van der Waals surface area contributed by atoms with Crippen LogP contribution < -0.4 is 0 Å². The molecule has 0 fully saturated rings. The van der Waals surface area contributed by atoms with Gasteiger partial charge in [-0.1, -0.05) is 82.7 Å². The Hall–Kier alpha value is -2.36. The molecule has 4 nitrogen and oxygen atoms in total. The molecule has 2 rings (SSSR count). The molecule has 4 heteroatoms. The van der Waals surface area contributed by atoms with E-state index in [0.29, 0.717) is 23.3 Å². The number of carbonyl (C=O) groups is 2. The predicted octanol–water partition coefficient (Wildman–Crippen LogP) is 5.78. The van der Waals surface area contributed by atoms with Gasteiger partial charge in [-0.15, -0.1) is 0 Å². The van der Waals surface area contributed by atoms with Crippen LogP contribution >= 0.6 is 0 Å². The number of rotatable bonds is 10. The van der Waals surface area contributed by atoms with Gasteiger partial charge in [0, 0.05) is 0 Å². The molecule has 0 aliphatic rings. The topological polar surface area (TPSA) is 74.6 Å². The molecule has 0 amide bonds. The monoisotopic (exact) mass is 356 g/mol. The lowest BCUT2D eigenvalue weighted by molar-refractivity contribution is 0.0652. The number of fused-ring (bicyclic) bond motifs is 1. The average Bonchev–Trinajstić information content (AvgIpc) is 2.62. The van der Waals surface area contributed by atoms with Crippen molar-refractivity contribution in [2.75, 3.05) is 0 Å². The molecule has 1 atom stereocenters. The van der Waals surface area contributed by atoms with Crippen LogP contribution in [0.5, 0.6) is 0 Å². The first kappa shape index (κ1) is 20.0. The molecule has 2 aromatic rings. The molecule has 0 bridgehead atoms. The molecule has 2 aromatic carbocycles. The predicted molar refractivity (Wildman–Crippen MR) is 104 cm³/mol. The third kappa shape index (κ3) is 4.63. The first-order valence-electron chi connectivity index (χ1n) is 9.50. The summed E-state index contributed by atoms with van der Waals surface area (Å²) in [5.74, 6) is -1.98. The number of aromatic carboxylic acids is 2. The fraction of sp³-hybridized carbons (Fsp3) is 0.455. The smallest absolute Gasteiger partial charge is 0.337 e. The number of carboxylic acids is 2. The summed E-state index contributed by atoms with van der Waals surface area (Å²) in [6.45, 7) is 4.29. The van der Waals surface area contributed by atoms with Gasteiger partial charge in [-0.25, -0.2) is 9.59 Å². The molecule has 0 saturated heterocycles. The van der Waals surface area contributed by atoms with Crippen molar-refractivity contribution in [1.82, 2.24) is 0 Å². The number of unbranched alkanes of at least 4 members (excludes halogenated alkanes) is 3. The second-order valence-corrected chi connectivity index (χ2v) is 6.94. The van der Waals surface area contributed by atoms with E-state index >= 15 is 0 Å². The van der Waals surface area contributed by atoms with E-state index in [-0.39, 0.29) is 11.1 Å². The van der Waals surface area contributed by atoms with Gasteiger partial charge < -0.3 is 10.2 Å². The molecular formula is C22H28O4. The first-order chi connectivity index (χ1) is 12.5. The van der Waals surface area contributed by atoms with Crippen molar-refractivity contribution in [3.8, 4) is 0 Å². The zero-order valence-electron chi connectivity index (χ0n) is 15.6. The van der Waals surface area contributed by atoms with Gasteiger partial charge in [0.15, 0.2) is 0 Å². The maximum atomic E-state index is 11.9. The second-order valence-electron chi connectivity index (χ2n) is 6.94. The highest BCUT2D eigenvalue weighted by Gasteiger charge is 2.24. The molecule has 0 aromatic heterocycles. The van der Waals surface area contributed by atoms with Crippen LogP contribution in [0, 0.1) is 5.92 Å². The fourth-order valence-electron chi connectivity index (χ4n) is 3.65. The minimum absolute atomic E-state index is 0.0526. The summed E-state index contributed by atoms with van der Waals surface area (Å²) < 4.78 is 0. The van der Waals surface area contributed by atoms with Crippen LogP contribution in [0.3, 0.4) is 0 Å². The summed E-state index contributed by atoms with van der Waals surface area (Å²) in [5, 5.41) is 20.7. The summed E-state index contributed by atoms with van der Waals surface area (Å²) in [7, 11) is 0. The SMILES string of the molecule is CCCCCCC(CC)Cc1cc2ccccc2c(C(=O)O)c1C(=O)O. The summed E-state index contributed by atoms with van der Waals surface area (Å²) in [6.07, 6.45) is 7.34. The van der Waals surface area contributed by atoms with Crippen LogP contribution in [0.2, 0.25) is 0 Å². The maximum Gasteiger partial charge on any atom is 0.337 e. The Morgan fingerprint density at radius 3 is 2.27 bits per heavy atom. The number of hydrogen-bond acceptors (Lipinski definition) is 2. The van der Waals surface area contributed by atoms with Crippen molar-refractivity contribution in [3.05, 3.63) is 47.0 Å². The molecule has 0 heterocycles. The Labute approximate surface area is 154 Å². The van der Waals surface area contributed by atoms with Crippen molar-refractivity contribution in [3.63, 3.8) is 0 Å². The van der Waals surface area contributed by atoms with Gasteiger partial charge in [-0.3, -0.25) is 0 Å². The van der Waals surface area contributed by atoms with Crippen LogP contribution in [0.1, 0.15) is 78.7 Å². The Morgan fingerprint density at radius 2 is 1.65 bits per heavy atom. The van der Waals surface area contributed by atoms with Gasteiger partial charge >= 0.3 is 11.9 Å². The van der Waals surface area contributed by atoms with Crippen molar-refractivity contribution >= 4 is 22.7 Å². The minimum atomic E-state index is -1.18. The second kappa shape index (κ2) is 9.37. The molecule has 1 unspecified atom stereocenters. The van der Waals surface area contributed by atoms with E-state index in [1.807, 2.05) is 18.2 Å². The van der Waals surface area contributed by atoms with Crippen molar-refractivity contribution in [2.24, 2.45) is 5.92 Å². The molecule has 2 N–H and O–H groups in total. The molecular weight excluding hydrogens is 328 g/mol. The van der Waals surface area contributed by atoms with E-state index in [1.165, 1.54) is 19.3 Å². The lowest BCUT2D eigenvalue weighted by Gasteiger charge is -2.18. The van der Waals surface area contributed by atoms with Crippen LogP contribution in [0.4, 0.5) is 0 Å². The third-order valence-electron chi connectivity index (χ3n) is 5.11. The molecule has 0 spiro atoms. The molecule has 0 saturated carbocycles. The van der Waals surface area contributed by atoms with Gasteiger partial charge in [-0.2, -0.15) is 0 Å². The summed E-state index contributed by atoms with van der Waals surface area (Å²) in [6, 6.07) is 8.97. The maximum absolute atomic E-state index is 11.9. The van der Waals surface area contributed by atoms with Gasteiger partial charge in [0.2, 0.25) is 0 Å². The van der Waals surface area contributed by atoms with E-state index in [9.17, 15) is 19.8 Å². The summed E-state index contributed by atoms with van der Waals surface area (Å²) in [5.41, 5.74) is 0.491. The Balaban J connectivity index is 2.43. The van der Waals surface area contributed by atoms with Crippen LogP contribution in [-0.4, -0.2) is 22.2 Å². The average molecular weight is 356 g/mol. The molecule has 140 valence electrons. The molecule has 0 aliphatic carbocycles. The van der Waals surface area contributed by atoms with Gasteiger partial charge in [0.25, 0.3) is 0 Å². The van der Waals surface area contributed by atoms with Gasteiger partial charge in [0.1, 0.15) is 0 Å². The largest absolute Gasteiger partial charge is 0.478 e. The lowest BCUT2D eigenvalue weighted by atomic mass is 9.86. The highest BCUT2D eigenvalue weighted by atomic mass is 16.4. The Bertz CT molecular complexity index is 779. The molecule has 0 aliphatic heterocycles. The number of carboxylic acid groups (broad SMARTS) is 2. The van der Waals surface area contributed by atoms with E-state index in [0.717, 1.165) is 24.6 Å². The van der Waals surface area contributed by atoms with E-state index < -0.39 is 11.9 Å². The van der Waals surface area contributed by atoms with Gasteiger partial charge in [-0.05, 0) is 28.7 Å².